The lowest BCUT2D eigenvalue weighted by Crippen LogP contribution is -2.43. The van der Waals surface area contributed by atoms with Crippen molar-refractivity contribution in [3.63, 3.8) is 0 Å². The number of nitrogens with zero attached hydrogens (tertiary/aromatic N) is 1. The summed E-state index contributed by atoms with van der Waals surface area (Å²) in [6, 6.07) is 4.66. The van der Waals surface area contributed by atoms with Gasteiger partial charge in [-0.15, -0.1) is 0 Å². The number of likely N-dealkylation sites (tertiary alicyclic amines) is 1. The van der Waals surface area contributed by atoms with Crippen LogP contribution < -0.4 is 0 Å². The summed E-state index contributed by atoms with van der Waals surface area (Å²) in [5.74, 6) is -0.480. The minimum absolute atomic E-state index is 0.0853. The molecule has 1 saturated heterocycles. The molecule has 3 rings (SSSR count). The second kappa shape index (κ2) is 6.70. The van der Waals surface area contributed by atoms with Crippen molar-refractivity contribution in [3.05, 3.63) is 33.8 Å². The lowest BCUT2D eigenvalue weighted by Gasteiger charge is -2.24. The van der Waals surface area contributed by atoms with Gasteiger partial charge < -0.3 is 10.0 Å². The molecule has 1 aromatic carbocycles. The summed E-state index contributed by atoms with van der Waals surface area (Å²) in [6.07, 6.45) is 3.85. The van der Waals surface area contributed by atoms with Crippen LogP contribution in [0, 0.1) is 11.8 Å². The summed E-state index contributed by atoms with van der Waals surface area (Å²) >= 11 is 11.9. The van der Waals surface area contributed by atoms with Crippen LogP contribution in [-0.2, 0) is 16.0 Å². The Kier molecular flexibility index (Phi) is 4.83. The molecule has 3 atom stereocenters. The molecule has 23 heavy (non-hydrogen) atoms. The number of aliphatic carboxylic acids is 1. The highest BCUT2D eigenvalue weighted by Gasteiger charge is 2.49. The zero-order valence-electron chi connectivity index (χ0n) is 12.7. The van der Waals surface area contributed by atoms with Gasteiger partial charge in [0.2, 0.25) is 5.91 Å². The van der Waals surface area contributed by atoms with Gasteiger partial charge in [0.15, 0.2) is 0 Å². The van der Waals surface area contributed by atoms with Crippen LogP contribution in [-0.4, -0.2) is 34.5 Å². The quantitative estimate of drug-likeness (QED) is 0.896. The van der Waals surface area contributed by atoms with Gasteiger partial charge in [0, 0.05) is 13.0 Å². The van der Waals surface area contributed by atoms with E-state index in [2.05, 4.69) is 0 Å². The van der Waals surface area contributed by atoms with E-state index >= 15 is 0 Å². The van der Waals surface area contributed by atoms with Crippen LogP contribution >= 0.6 is 23.2 Å². The van der Waals surface area contributed by atoms with Gasteiger partial charge in [0.25, 0.3) is 0 Å². The molecule has 0 spiro atoms. The number of amides is 1. The summed E-state index contributed by atoms with van der Waals surface area (Å²) < 4.78 is 0. The van der Waals surface area contributed by atoms with Crippen molar-refractivity contribution in [2.24, 2.45) is 11.8 Å². The van der Waals surface area contributed by atoms with Gasteiger partial charge >= 0.3 is 5.97 Å². The first kappa shape index (κ1) is 16.6. The van der Waals surface area contributed by atoms with Crippen LogP contribution in [0.4, 0.5) is 0 Å². The molecule has 1 N–H and O–H groups in total. The molecule has 0 bridgehead atoms. The molecule has 1 saturated carbocycles. The molecule has 0 aromatic heterocycles. The van der Waals surface area contributed by atoms with Crippen molar-refractivity contribution in [2.45, 2.75) is 38.1 Å². The molecule has 1 aromatic rings. The molecule has 1 aliphatic carbocycles. The first-order valence-corrected chi connectivity index (χ1v) is 8.69. The average Bonchev–Trinajstić information content (AvgIpc) is 3.08. The summed E-state index contributed by atoms with van der Waals surface area (Å²) in [5, 5.41) is 10.5. The molecule has 2 fully saturated rings. The Morgan fingerprint density at radius 3 is 2.70 bits per heavy atom. The molecule has 1 amide bonds. The first-order chi connectivity index (χ1) is 11.0. The number of benzene rings is 1. The first-order valence-electron chi connectivity index (χ1n) is 7.93. The molecule has 124 valence electrons. The third kappa shape index (κ3) is 3.33. The van der Waals surface area contributed by atoms with E-state index in [0.717, 1.165) is 24.8 Å². The third-order valence-corrected chi connectivity index (χ3v) is 5.81. The minimum Gasteiger partial charge on any atom is -0.480 e. The van der Waals surface area contributed by atoms with Crippen LogP contribution in [0.1, 0.15) is 31.2 Å². The second-order valence-electron chi connectivity index (χ2n) is 6.43. The van der Waals surface area contributed by atoms with E-state index in [4.69, 9.17) is 23.2 Å². The van der Waals surface area contributed by atoms with Crippen LogP contribution in [0.25, 0.3) is 0 Å². The minimum atomic E-state index is -0.873. The number of carboxylic acid groups (broad SMARTS) is 1. The fourth-order valence-electron chi connectivity index (χ4n) is 3.97. The van der Waals surface area contributed by atoms with Crippen molar-refractivity contribution < 1.29 is 14.7 Å². The highest BCUT2D eigenvalue weighted by atomic mass is 35.5. The van der Waals surface area contributed by atoms with Crippen molar-refractivity contribution in [1.29, 1.82) is 0 Å². The fourth-order valence-corrected chi connectivity index (χ4v) is 4.29. The largest absolute Gasteiger partial charge is 0.480 e. The molecule has 1 aliphatic heterocycles. The topological polar surface area (TPSA) is 57.6 Å². The van der Waals surface area contributed by atoms with Crippen molar-refractivity contribution in [2.75, 3.05) is 6.54 Å². The molecule has 6 heteroatoms. The second-order valence-corrected chi connectivity index (χ2v) is 7.25. The number of aryl methyl sites for hydroxylation is 1. The summed E-state index contributed by atoms with van der Waals surface area (Å²) in [6.45, 7) is 0.585. The number of carboxylic acids is 1. The van der Waals surface area contributed by atoms with Gasteiger partial charge in [-0.1, -0.05) is 35.7 Å². The normalized spacial score (nSPS) is 26.3. The molecule has 4 nitrogen and oxygen atoms in total. The lowest BCUT2D eigenvalue weighted by molar-refractivity contribution is -0.149. The monoisotopic (exact) mass is 355 g/mol. The van der Waals surface area contributed by atoms with Crippen LogP contribution in [0.5, 0.6) is 0 Å². The van der Waals surface area contributed by atoms with Crippen molar-refractivity contribution in [3.8, 4) is 0 Å². The van der Waals surface area contributed by atoms with Crippen LogP contribution in [0.2, 0.25) is 10.0 Å². The number of fused-ring (bicyclic) bond motifs is 1. The van der Waals surface area contributed by atoms with Crippen molar-refractivity contribution in [1.82, 2.24) is 4.90 Å². The number of hydrogen-bond acceptors (Lipinski definition) is 2. The van der Waals surface area contributed by atoms with Crippen LogP contribution in [0.3, 0.4) is 0 Å². The molecule has 2 aliphatic rings. The Morgan fingerprint density at radius 1 is 1.22 bits per heavy atom. The highest BCUT2D eigenvalue weighted by molar-refractivity contribution is 6.42. The third-order valence-electron chi connectivity index (χ3n) is 5.08. The van der Waals surface area contributed by atoms with Crippen molar-refractivity contribution >= 4 is 35.1 Å². The number of carbonyl (C=O) groups is 2. The Bertz CT molecular complexity index is 634. The maximum Gasteiger partial charge on any atom is 0.326 e. The van der Waals surface area contributed by atoms with Gasteiger partial charge in [-0.2, -0.15) is 0 Å². The SMILES string of the molecule is O=C(O)C1C2CCCC2CN1C(=O)CCc1ccc(Cl)c(Cl)c1. The average molecular weight is 356 g/mol. The van der Waals surface area contributed by atoms with E-state index in [-0.39, 0.29) is 11.8 Å². The zero-order chi connectivity index (χ0) is 16.6. The number of halogens is 2. The molecular formula is C17H19Cl2NO3. The predicted molar refractivity (Wildman–Crippen MR) is 88.8 cm³/mol. The Balaban J connectivity index is 1.65. The van der Waals surface area contributed by atoms with Gasteiger partial charge in [0.1, 0.15) is 6.04 Å². The fraction of sp³-hybridized carbons (Fsp3) is 0.529. The van der Waals surface area contributed by atoms with E-state index in [9.17, 15) is 14.7 Å². The Hall–Kier alpha value is -1.26. The molecule has 3 unspecified atom stereocenters. The van der Waals surface area contributed by atoms with E-state index in [0.29, 0.717) is 35.3 Å². The number of rotatable bonds is 4. The number of carbonyl (C=O) groups excluding carboxylic acids is 1. The zero-order valence-corrected chi connectivity index (χ0v) is 14.2. The number of hydrogen-bond donors (Lipinski definition) is 1. The van der Waals surface area contributed by atoms with Gasteiger partial charge in [-0.25, -0.2) is 4.79 Å². The van der Waals surface area contributed by atoms with Gasteiger partial charge in [-0.05, 0) is 48.8 Å². The Labute approximate surface area is 145 Å². The standard InChI is InChI=1S/C17H19Cl2NO3/c18-13-6-4-10(8-14(13)19)5-7-15(21)20-9-11-2-1-3-12(11)16(20)17(22)23/h4,6,8,11-12,16H,1-3,5,7,9H2,(H,22,23). The maximum atomic E-state index is 12.5. The van der Waals surface area contributed by atoms with Crippen LogP contribution in [0.15, 0.2) is 18.2 Å². The summed E-state index contributed by atoms with van der Waals surface area (Å²) in [4.78, 5) is 25.7. The lowest BCUT2D eigenvalue weighted by atomic mass is 9.94. The smallest absolute Gasteiger partial charge is 0.326 e. The predicted octanol–water partition coefficient (Wildman–Crippen LogP) is 3.64. The molecular weight excluding hydrogens is 337 g/mol. The molecule has 0 radical (unpaired) electrons. The Morgan fingerprint density at radius 2 is 2.00 bits per heavy atom. The van der Waals surface area contributed by atoms with Gasteiger partial charge in [-0.3, -0.25) is 4.79 Å². The van der Waals surface area contributed by atoms with E-state index in [1.807, 2.05) is 6.07 Å². The summed E-state index contributed by atoms with van der Waals surface area (Å²) in [7, 11) is 0. The summed E-state index contributed by atoms with van der Waals surface area (Å²) in [5.41, 5.74) is 0.930. The maximum absolute atomic E-state index is 12.5. The van der Waals surface area contributed by atoms with E-state index < -0.39 is 12.0 Å². The highest BCUT2D eigenvalue weighted by Crippen LogP contribution is 2.42. The van der Waals surface area contributed by atoms with E-state index in [1.165, 1.54) is 0 Å². The van der Waals surface area contributed by atoms with Gasteiger partial charge in [0.05, 0.1) is 10.0 Å². The van der Waals surface area contributed by atoms with E-state index in [1.54, 1.807) is 17.0 Å². The molecule has 1 heterocycles.